The van der Waals surface area contributed by atoms with Crippen molar-refractivity contribution in [3.05, 3.63) is 83.5 Å². The molecule has 168 valence electrons. The van der Waals surface area contributed by atoms with Crippen molar-refractivity contribution in [1.82, 2.24) is 0 Å². The van der Waals surface area contributed by atoms with Gasteiger partial charge in [-0.15, -0.1) is 0 Å². The Kier molecular flexibility index (Phi) is 9.23. The number of sulfonamides is 1. The first kappa shape index (κ1) is 24.9. The van der Waals surface area contributed by atoms with Crippen molar-refractivity contribution in [1.29, 1.82) is 5.26 Å². The number of esters is 1. The highest BCUT2D eigenvalue weighted by Gasteiger charge is 2.23. The third kappa shape index (κ3) is 6.32. The Morgan fingerprint density at radius 1 is 1.06 bits per heavy atom. The van der Waals surface area contributed by atoms with Crippen LogP contribution in [0.25, 0.3) is 0 Å². The lowest BCUT2D eigenvalue weighted by Gasteiger charge is -2.23. The van der Waals surface area contributed by atoms with E-state index < -0.39 is 16.0 Å². The lowest BCUT2D eigenvalue weighted by Crippen LogP contribution is -2.31. The van der Waals surface area contributed by atoms with Crippen LogP contribution in [0.5, 0.6) is 0 Å². The number of ether oxygens (including phenoxy) is 1. The normalized spacial score (nSPS) is 12.2. The number of para-hydroxylation sites is 1. The standard InChI is InChI=1S/C25H28N2O4S/c1-4-21(24(19-26)25(28)31-5-2)11-9-10-18-27(22-12-7-6-8-13-22)32(29,30)23-16-14-20(3)15-17-23/h6-10,12-17H,4-5,11,18H2,1-3H3/b10-9+,24-21+. The molecule has 0 saturated heterocycles. The number of carbonyl (C=O) groups is 1. The van der Waals surface area contributed by atoms with E-state index in [1.165, 1.54) is 4.31 Å². The maximum Gasteiger partial charge on any atom is 0.348 e. The van der Waals surface area contributed by atoms with Crippen LogP contribution in [-0.4, -0.2) is 27.5 Å². The summed E-state index contributed by atoms with van der Waals surface area (Å²) in [5.74, 6) is -0.631. The van der Waals surface area contributed by atoms with Gasteiger partial charge in [-0.1, -0.05) is 55.0 Å². The molecule has 0 spiro atoms. The van der Waals surface area contributed by atoms with Crippen LogP contribution in [0.4, 0.5) is 5.69 Å². The molecule has 2 rings (SSSR count). The van der Waals surface area contributed by atoms with Gasteiger partial charge in [0.1, 0.15) is 11.6 Å². The van der Waals surface area contributed by atoms with Crippen molar-refractivity contribution in [3.63, 3.8) is 0 Å². The highest BCUT2D eigenvalue weighted by molar-refractivity contribution is 7.92. The molecule has 0 aliphatic carbocycles. The lowest BCUT2D eigenvalue weighted by atomic mass is 10.0. The molecule has 0 N–H and O–H groups in total. The molecule has 2 aromatic carbocycles. The Morgan fingerprint density at radius 2 is 1.72 bits per heavy atom. The average molecular weight is 453 g/mol. The first-order valence-electron chi connectivity index (χ1n) is 10.4. The molecular formula is C25H28N2O4S. The first-order valence-corrected chi connectivity index (χ1v) is 11.9. The second kappa shape index (κ2) is 11.9. The fourth-order valence-electron chi connectivity index (χ4n) is 3.07. The van der Waals surface area contributed by atoms with Crippen LogP contribution < -0.4 is 4.31 Å². The molecule has 0 amide bonds. The summed E-state index contributed by atoms with van der Waals surface area (Å²) in [7, 11) is -3.78. The third-order valence-electron chi connectivity index (χ3n) is 4.83. The quantitative estimate of drug-likeness (QED) is 0.221. The predicted octanol–water partition coefficient (Wildman–Crippen LogP) is 4.93. The molecule has 0 bridgehead atoms. The van der Waals surface area contributed by atoms with Gasteiger partial charge in [-0.25, -0.2) is 13.2 Å². The molecule has 2 aromatic rings. The highest BCUT2D eigenvalue weighted by Crippen LogP contribution is 2.24. The number of rotatable bonds is 10. The maximum atomic E-state index is 13.3. The number of aryl methyl sites for hydroxylation is 1. The lowest BCUT2D eigenvalue weighted by molar-refractivity contribution is -0.138. The molecule has 0 heterocycles. The molecule has 0 unspecified atom stereocenters. The van der Waals surface area contributed by atoms with Crippen molar-refractivity contribution in [2.75, 3.05) is 17.5 Å². The third-order valence-corrected chi connectivity index (χ3v) is 6.64. The van der Waals surface area contributed by atoms with Crippen molar-refractivity contribution >= 4 is 21.7 Å². The maximum absolute atomic E-state index is 13.3. The van der Waals surface area contributed by atoms with Crippen LogP contribution in [0, 0.1) is 18.3 Å². The predicted molar refractivity (Wildman–Crippen MR) is 125 cm³/mol. The number of benzene rings is 2. The van der Waals surface area contributed by atoms with E-state index >= 15 is 0 Å². The highest BCUT2D eigenvalue weighted by atomic mass is 32.2. The minimum Gasteiger partial charge on any atom is -0.462 e. The van der Waals surface area contributed by atoms with Crippen molar-refractivity contribution in [2.24, 2.45) is 0 Å². The van der Waals surface area contributed by atoms with Crippen LogP contribution in [0.3, 0.4) is 0 Å². The molecule has 0 aliphatic heterocycles. The Hall–Kier alpha value is -3.37. The summed E-state index contributed by atoms with van der Waals surface area (Å²) < 4.78 is 32.9. The summed E-state index contributed by atoms with van der Waals surface area (Å²) in [6.07, 6.45) is 4.37. The van der Waals surface area contributed by atoms with E-state index in [1.54, 1.807) is 67.6 Å². The number of nitriles is 1. The van der Waals surface area contributed by atoms with Crippen LogP contribution in [-0.2, 0) is 19.6 Å². The average Bonchev–Trinajstić information content (AvgIpc) is 2.79. The van der Waals surface area contributed by atoms with E-state index in [4.69, 9.17) is 4.74 Å². The Bertz CT molecular complexity index is 1110. The van der Waals surface area contributed by atoms with E-state index in [-0.39, 0.29) is 23.6 Å². The number of hydrogen-bond donors (Lipinski definition) is 0. The van der Waals surface area contributed by atoms with Gasteiger partial charge in [0.2, 0.25) is 0 Å². The van der Waals surface area contributed by atoms with Crippen molar-refractivity contribution < 1.29 is 17.9 Å². The van der Waals surface area contributed by atoms with Crippen molar-refractivity contribution in [2.45, 2.75) is 38.5 Å². The Labute approximate surface area is 190 Å². The van der Waals surface area contributed by atoms with Gasteiger partial charge in [-0.3, -0.25) is 4.31 Å². The number of carbonyl (C=O) groups excluding carboxylic acids is 1. The largest absolute Gasteiger partial charge is 0.462 e. The molecule has 0 saturated carbocycles. The summed E-state index contributed by atoms with van der Waals surface area (Å²) >= 11 is 0. The number of nitrogens with zero attached hydrogens (tertiary/aromatic N) is 2. The zero-order valence-electron chi connectivity index (χ0n) is 18.6. The van der Waals surface area contributed by atoms with Crippen LogP contribution in [0.2, 0.25) is 0 Å². The zero-order valence-corrected chi connectivity index (χ0v) is 19.4. The van der Waals surface area contributed by atoms with E-state index in [1.807, 2.05) is 26.0 Å². The van der Waals surface area contributed by atoms with Gasteiger partial charge in [-0.05, 0) is 56.5 Å². The fourth-order valence-corrected chi connectivity index (χ4v) is 4.48. The van der Waals surface area contributed by atoms with E-state index in [2.05, 4.69) is 0 Å². The fraction of sp³-hybridized carbons (Fsp3) is 0.280. The van der Waals surface area contributed by atoms with Crippen molar-refractivity contribution in [3.8, 4) is 6.07 Å². The van der Waals surface area contributed by atoms with E-state index in [9.17, 15) is 18.5 Å². The SMILES string of the molecule is CCOC(=O)/C(C#N)=C(\CC)C/C=C/CN(c1ccccc1)S(=O)(=O)c1ccc(C)cc1. The molecule has 0 aliphatic rings. The molecule has 0 atom stereocenters. The van der Waals surface area contributed by atoms with E-state index in [0.29, 0.717) is 24.1 Å². The first-order chi connectivity index (χ1) is 15.3. The second-order valence-electron chi connectivity index (χ2n) is 7.02. The van der Waals surface area contributed by atoms with Gasteiger partial charge < -0.3 is 4.74 Å². The minimum atomic E-state index is -3.78. The molecule has 6 nitrogen and oxygen atoms in total. The molecule has 32 heavy (non-hydrogen) atoms. The molecule has 7 heteroatoms. The summed E-state index contributed by atoms with van der Waals surface area (Å²) in [5, 5.41) is 9.35. The molecule has 0 radical (unpaired) electrons. The van der Waals surface area contributed by atoms with Gasteiger partial charge in [0.25, 0.3) is 10.0 Å². The molecule has 0 fully saturated rings. The smallest absolute Gasteiger partial charge is 0.348 e. The van der Waals surface area contributed by atoms with Gasteiger partial charge >= 0.3 is 5.97 Å². The summed E-state index contributed by atoms with van der Waals surface area (Å²) in [6, 6.07) is 17.5. The van der Waals surface area contributed by atoms with Gasteiger partial charge in [-0.2, -0.15) is 5.26 Å². The Morgan fingerprint density at radius 3 is 2.28 bits per heavy atom. The summed E-state index contributed by atoms with van der Waals surface area (Å²) in [6.45, 7) is 5.75. The van der Waals surface area contributed by atoms with Gasteiger partial charge in [0.15, 0.2) is 0 Å². The number of allylic oxidation sites excluding steroid dienone is 2. The minimum absolute atomic E-state index is 0.00573. The Balaban J connectivity index is 2.30. The van der Waals surface area contributed by atoms with Crippen LogP contribution in [0.1, 0.15) is 32.3 Å². The molecular weight excluding hydrogens is 424 g/mol. The van der Waals surface area contributed by atoms with Gasteiger partial charge in [0.05, 0.1) is 23.7 Å². The number of anilines is 1. The topological polar surface area (TPSA) is 87.5 Å². The van der Waals surface area contributed by atoms with Gasteiger partial charge in [0, 0.05) is 0 Å². The number of hydrogen-bond acceptors (Lipinski definition) is 5. The molecule has 0 aromatic heterocycles. The van der Waals surface area contributed by atoms with Crippen LogP contribution >= 0.6 is 0 Å². The zero-order chi connectivity index (χ0) is 23.6. The summed E-state index contributed by atoms with van der Waals surface area (Å²) in [5.41, 5.74) is 2.18. The second-order valence-corrected chi connectivity index (χ2v) is 8.89. The monoisotopic (exact) mass is 452 g/mol. The van der Waals surface area contributed by atoms with E-state index in [0.717, 1.165) is 5.56 Å². The summed E-state index contributed by atoms with van der Waals surface area (Å²) in [4.78, 5) is 12.2. The van der Waals surface area contributed by atoms with Crippen LogP contribution in [0.15, 0.2) is 82.8 Å².